The number of aliphatic hydroxyl groups excluding tert-OH is 1. The average molecular weight is 447 g/mol. The van der Waals surface area contributed by atoms with Gasteiger partial charge in [-0.3, -0.25) is 0 Å². The van der Waals surface area contributed by atoms with Gasteiger partial charge in [0.25, 0.3) is 0 Å². The number of halogens is 2. The van der Waals surface area contributed by atoms with Crippen LogP contribution < -0.4 is 10.1 Å². The number of nitrogens with zero attached hydrogens (tertiary/aromatic N) is 3. The van der Waals surface area contributed by atoms with Crippen LogP contribution in [-0.4, -0.2) is 53.3 Å². The van der Waals surface area contributed by atoms with Gasteiger partial charge in [-0.2, -0.15) is 0 Å². The summed E-state index contributed by atoms with van der Waals surface area (Å²) in [5, 5.41) is 14.1. The summed E-state index contributed by atoms with van der Waals surface area (Å²) in [7, 11) is 3.81. The van der Waals surface area contributed by atoms with Gasteiger partial charge in [-0.1, -0.05) is 29.3 Å². The van der Waals surface area contributed by atoms with Crippen LogP contribution >= 0.6 is 23.2 Å². The number of aryl methyl sites for hydroxylation is 1. The average Bonchev–Trinajstić information content (AvgIpc) is 2.70. The van der Waals surface area contributed by atoms with E-state index in [4.69, 9.17) is 27.9 Å². The summed E-state index contributed by atoms with van der Waals surface area (Å²) >= 11 is 12.2. The van der Waals surface area contributed by atoms with Crippen molar-refractivity contribution in [3.05, 3.63) is 64.3 Å². The van der Waals surface area contributed by atoms with Gasteiger partial charge in [0.15, 0.2) is 0 Å². The number of anilines is 2. The Balaban J connectivity index is 1.68. The Labute approximate surface area is 186 Å². The number of ether oxygens (including phenoxy) is 1. The lowest BCUT2D eigenvalue weighted by atomic mass is 10.1. The second kappa shape index (κ2) is 10.1. The molecule has 3 aromatic rings. The first-order valence-electron chi connectivity index (χ1n) is 9.43. The highest BCUT2D eigenvalue weighted by Gasteiger charge is 2.10. The SMILES string of the molecule is Cc1cnc(Nc2ccc(OCC(O)CN(C)C)cc2)nc1-c1ccc(Cl)c(Cl)c1. The number of rotatable bonds is 8. The van der Waals surface area contributed by atoms with Crippen LogP contribution in [0.1, 0.15) is 5.56 Å². The van der Waals surface area contributed by atoms with E-state index in [0.717, 1.165) is 22.5 Å². The normalized spacial score (nSPS) is 12.1. The van der Waals surface area contributed by atoms with Gasteiger partial charge in [-0.15, -0.1) is 0 Å². The second-order valence-electron chi connectivity index (χ2n) is 7.23. The summed E-state index contributed by atoms with van der Waals surface area (Å²) in [5.74, 6) is 1.15. The molecule has 1 atom stereocenters. The minimum Gasteiger partial charge on any atom is -0.491 e. The summed E-state index contributed by atoms with van der Waals surface area (Å²) in [5.41, 5.74) is 3.40. The minimum absolute atomic E-state index is 0.235. The lowest BCUT2D eigenvalue weighted by Crippen LogP contribution is -2.30. The molecule has 0 aliphatic carbocycles. The van der Waals surface area contributed by atoms with Crippen molar-refractivity contribution in [1.29, 1.82) is 0 Å². The fourth-order valence-electron chi connectivity index (χ4n) is 2.87. The highest BCUT2D eigenvalue weighted by atomic mass is 35.5. The van der Waals surface area contributed by atoms with Crippen LogP contribution in [0.15, 0.2) is 48.7 Å². The van der Waals surface area contributed by atoms with Crippen LogP contribution in [0.2, 0.25) is 10.0 Å². The predicted molar refractivity (Wildman–Crippen MR) is 122 cm³/mol. The van der Waals surface area contributed by atoms with E-state index >= 15 is 0 Å². The van der Waals surface area contributed by atoms with Crippen LogP contribution in [0.3, 0.4) is 0 Å². The quantitative estimate of drug-likeness (QED) is 0.517. The molecule has 0 fully saturated rings. The predicted octanol–water partition coefficient (Wildman–Crippen LogP) is 4.80. The molecule has 0 saturated heterocycles. The lowest BCUT2D eigenvalue weighted by molar-refractivity contribution is 0.0831. The third kappa shape index (κ3) is 6.06. The number of likely N-dealkylation sites (N-methyl/N-ethyl adjacent to an activating group) is 1. The molecule has 6 nitrogen and oxygen atoms in total. The van der Waals surface area contributed by atoms with E-state index in [0.29, 0.717) is 28.3 Å². The number of nitrogens with one attached hydrogen (secondary N) is 1. The summed E-state index contributed by atoms with van der Waals surface area (Å²) in [6.07, 6.45) is 1.22. The fraction of sp³-hybridized carbons (Fsp3) is 0.273. The van der Waals surface area contributed by atoms with E-state index in [1.165, 1.54) is 0 Å². The van der Waals surface area contributed by atoms with Gasteiger partial charge in [-0.25, -0.2) is 9.97 Å². The molecule has 1 heterocycles. The van der Waals surface area contributed by atoms with Gasteiger partial charge >= 0.3 is 0 Å². The lowest BCUT2D eigenvalue weighted by Gasteiger charge is -2.16. The Morgan fingerprint density at radius 3 is 2.50 bits per heavy atom. The largest absolute Gasteiger partial charge is 0.491 e. The number of hydrogen-bond donors (Lipinski definition) is 2. The molecule has 0 aliphatic rings. The van der Waals surface area contributed by atoms with E-state index < -0.39 is 6.10 Å². The van der Waals surface area contributed by atoms with Crippen molar-refractivity contribution in [2.75, 3.05) is 32.6 Å². The molecule has 158 valence electrons. The highest BCUT2D eigenvalue weighted by molar-refractivity contribution is 6.42. The van der Waals surface area contributed by atoms with Crippen LogP contribution in [0.5, 0.6) is 5.75 Å². The molecule has 0 saturated carbocycles. The summed E-state index contributed by atoms with van der Waals surface area (Å²) in [4.78, 5) is 10.9. The zero-order valence-electron chi connectivity index (χ0n) is 17.1. The van der Waals surface area contributed by atoms with Crippen LogP contribution in [-0.2, 0) is 0 Å². The molecular formula is C22H24Cl2N4O2. The standard InChI is InChI=1S/C22H24Cl2N4O2/c1-14-11-25-22(27-21(14)15-4-9-19(23)20(24)10-15)26-16-5-7-18(8-6-16)30-13-17(29)12-28(2)3/h4-11,17,29H,12-13H2,1-3H3,(H,25,26,27). The van der Waals surface area contributed by atoms with Crippen LogP contribution in [0.4, 0.5) is 11.6 Å². The number of hydrogen-bond acceptors (Lipinski definition) is 6. The molecule has 0 spiro atoms. The Morgan fingerprint density at radius 1 is 1.10 bits per heavy atom. The molecule has 2 N–H and O–H groups in total. The first-order valence-corrected chi connectivity index (χ1v) is 10.2. The second-order valence-corrected chi connectivity index (χ2v) is 8.04. The Bertz CT molecular complexity index is 997. The van der Waals surface area contributed by atoms with Crippen molar-refractivity contribution in [1.82, 2.24) is 14.9 Å². The van der Waals surface area contributed by atoms with Gasteiger partial charge in [0.1, 0.15) is 18.5 Å². The van der Waals surface area contributed by atoms with E-state index in [1.54, 1.807) is 18.3 Å². The number of aliphatic hydroxyl groups is 1. The maximum absolute atomic E-state index is 9.89. The Morgan fingerprint density at radius 2 is 1.83 bits per heavy atom. The van der Waals surface area contributed by atoms with Crippen molar-refractivity contribution < 1.29 is 9.84 Å². The zero-order valence-corrected chi connectivity index (χ0v) is 18.6. The Kier molecular flexibility index (Phi) is 7.50. The molecule has 0 bridgehead atoms. The first-order chi connectivity index (χ1) is 14.3. The number of aromatic nitrogens is 2. The van der Waals surface area contributed by atoms with E-state index in [-0.39, 0.29) is 6.61 Å². The molecule has 8 heteroatoms. The summed E-state index contributed by atoms with van der Waals surface area (Å²) in [6, 6.07) is 12.8. The third-order valence-corrected chi connectivity index (χ3v) is 5.03. The molecule has 3 rings (SSSR count). The van der Waals surface area contributed by atoms with Crippen molar-refractivity contribution in [3.8, 4) is 17.0 Å². The van der Waals surface area contributed by atoms with Gasteiger partial charge in [-0.05, 0) is 63.0 Å². The maximum Gasteiger partial charge on any atom is 0.227 e. The molecule has 1 unspecified atom stereocenters. The molecule has 0 aliphatic heterocycles. The maximum atomic E-state index is 9.89. The Hall–Kier alpha value is -2.38. The first kappa shape index (κ1) is 22.3. The molecule has 0 amide bonds. The van der Waals surface area contributed by atoms with E-state index in [9.17, 15) is 5.11 Å². The van der Waals surface area contributed by atoms with Crippen molar-refractivity contribution in [2.24, 2.45) is 0 Å². The number of benzene rings is 2. The fourth-order valence-corrected chi connectivity index (χ4v) is 3.17. The molecule has 30 heavy (non-hydrogen) atoms. The van der Waals surface area contributed by atoms with E-state index in [1.807, 2.05) is 56.3 Å². The van der Waals surface area contributed by atoms with Crippen LogP contribution in [0.25, 0.3) is 11.3 Å². The molecule has 1 aromatic heterocycles. The molecule has 0 radical (unpaired) electrons. The van der Waals surface area contributed by atoms with Gasteiger partial charge in [0, 0.05) is 24.0 Å². The van der Waals surface area contributed by atoms with Gasteiger partial charge in [0.2, 0.25) is 5.95 Å². The summed E-state index contributed by atoms with van der Waals surface area (Å²) < 4.78 is 5.63. The molecule has 2 aromatic carbocycles. The third-order valence-electron chi connectivity index (χ3n) is 4.29. The monoisotopic (exact) mass is 446 g/mol. The molecular weight excluding hydrogens is 423 g/mol. The zero-order chi connectivity index (χ0) is 21.7. The highest BCUT2D eigenvalue weighted by Crippen LogP contribution is 2.30. The van der Waals surface area contributed by atoms with Crippen molar-refractivity contribution >= 4 is 34.8 Å². The van der Waals surface area contributed by atoms with Gasteiger partial charge in [0.05, 0.1) is 15.7 Å². The van der Waals surface area contributed by atoms with Crippen molar-refractivity contribution in [2.45, 2.75) is 13.0 Å². The van der Waals surface area contributed by atoms with Crippen molar-refractivity contribution in [3.63, 3.8) is 0 Å². The van der Waals surface area contributed by atoms with Gasteiger partial charge < -0.3 is 20.1 Å². The van der Waals surface area contributed by atoms with E-state index in [2.05, 4.69) is 15.3 Å². The smallest absolute Gasteiger partial charge is 0.227 e. The van der Waals surface area contributed by atoms with Crippen LogP contribution in [0, 0.1) is 6.92 Å². The minimum atomic E-state index is -0.543. The topological polar surface area (TPSA) is 70.5 Å². The summed E-state index contributed by atoms with van der Waals surface area (Å²) in [6.45, 7) is 2.73.